The van der Waals surface area contributed by atoms with Crippen molar-refractivity contribution in [3.05, 3.63) is 6.92 Å². The van der Waals surface area contributed by atoms with E-state index in [-0.39, 0.29) is 6.42 Å². The third-order valence-electron chi connectivity index (χ3n) is 0.616. The van der Waals surface area contributed by atoms with E-state index in [0.29, 0.717) is 6.42 Å². The second-order valence-corrected chi connectivity index (χ2v) is 1.61. The predicted molar refractivity (Wildman–Crippen MR) is 25.2 cm³/mol. The third-order valence-corrected chi connectivity index (χ3v) is 0.616. The summed E-state index contributed by atoms with van der Waals surface area (Å²) in [5.41, 5.74) is 0. The van der Waals surface area contributed by atoms with Crippen LogP contribution in [0, 0.1) is 6.92 Å². The summed E-state index contributed by atoms with van der Waals surface area (Å²) in [4.78, 5) is 0. The van der Waals surface area contributed by atoms with E-state index < -0.39 is 5.92 Å². The third kappa shape index (κ3) is 5.86. The molecule has 0 atom stereocenters. The maximum atomic E-state index is 11.6. The summed E-state index contributed by atoms with van der Waals surface area (Å²) in [5, 5.41) is 0. The van der Waals surface area contributed by atoms with Gasteiger partial charge < -0.3 is 0 Å². The monoisotopic (exact) mass is 107 g/mol. The topological polar surface area (TPSA) is 0 Å². The Morgan fingerprint density at radius 3 is 2.00 bits per heavy atom. The lowest BCUT2D eigenvalue weighted by molar-refractivity contribution is 0.0416. The van der Waals surface area contributed by atoms with E-state index >= 15 is 0 Å². The quantitative estimate of drug-likeness (QED) is 0.507. The first-order valence-electron chi connectivity index (χ1n) is 2.29. The van der Waals surface area contributed by atoms with E-state index in [0.717, 1.165) is 0 Å². The Balaban J connectivity index is 3.15. The molecule has 1 radical (unpaired) electrons. The maximum Gasteiger partial charge on any atom is 0.248 e. The highest BCUT2D eigenvalue weighted by atomic mass is 19.3. The summed E-state index contributed by atoms with van der Waals surface area (Å²) >= 11 is 0. The molecule has 0 saturated carbocycles. The van der Waals surface area contributed by atoms with Gasteiger partial charge in [0.1, 0.15) is 0 Å². The van der Waals surface area contributed by atoms with Crippen LogP contribution in [0.2, 0.25) is 0 Å². The highest BCUT2D eigenvalue weighted by Gasteiger charge is 2.18. The zero-order valence-corrected chi connectivity index (χ0v) is 4.38. The van der Waals surface area contributed by atoms with Crippen LogP contribution in [0.3, 0.4) is 0 Å². The van der Waals surface area contributed by atoms with Crippen LogP contribution in [-0.2, 0) is 0 Å². The van der Waals surface area contributed by atoms with Crippen molar-refractivity contribution in [2.45, 2.75) is 25.7 Å². The molecular formula is C5H9F2. The number of rotatable bonds is 2. The number of alkyl halides is 2. The summed E-state index contributed by atoms with van der Waals surface area (Å²) in [7, 11) is 0. The molecule has 0 fully saturated rings. The molecule has 0 aliphatic heterocycles. The highest BCUT2D eigenvalue weighted by molar-refractivity contribution is 4.65. The largest absolute Gasteiger partial charge is 0.248 e. The molecule has 0 spiro atoms. The Kier molecular flexibility index (Phi) is 2.20. The number of hydrogen-bond donors (Lipinski definition) is 0. The van der Waals surface area contributed by atoms with Crippen LogP contribution in [-0.4, -0.2) is 5.92 Å². The van der Waals surface area contributed by atoms with Crippen molar-refractivity contribution >= 4 is 0 Å². The van der Waals surface area contributed by atoms with Gasteiger partial charge in [0.2, 0.25) is 5.92 Å². The molecule has 0 rings (SSSR count). The van der Waals surface area contributed by atoms with Crippen molar-refractivity contribution in [1.82, 2.24) is 0 Å². The maximum absolute atomic E-state index is 11.6. The first kappa shape index (κ1) is 6.86. The van der Waals surface area contributed by atoms with Crippen molar-refractivity contribution in [3.63, 3.8) is 0 Å². The molecule has 2 heteroatoms. The van der Waals surface area contributed by atoms with Gasteiger partial charge >= 0.3 is 0 Å². The smallest absolute Gasteiger partial charge is 0.207 e. The SMILES string of the molecule is [CH2]C(F)(F)CCC. The average Bonchev–Trinajstić information content (AvgIpc) is 1.30. The summed E-state index contributed by atoms with van der Waals surface area (Å²) in [6.07, 6.45) is 0.392. The molecule has 0 unspecified atom stereocenters. The molecule has 0 aliphatic rings. The lowest BCUT2D eigenvalue weighted by Crippen LogP contribution is -2.07. The lowest BCUT2D eigenvalue weighted by atomic mass is 10.2. The summed E-state index contributed by atoms with van der Waals surface area (Å²) in [6.45, 7) is 4.33. The predicted octanol–water partition coefficient (Wildman–Crippen LogP) is 2.26. The fraction of sp³-hybridized carbons (Fsp3) is 0.800. The standard InChI is InChI=1S/C5H9F2/c1-3-4-5(2,6)7/h2-4H2,1H3. The van der Waals surface area contributed by atoms with E-state index in [1.807, 2.05) is 0 Å². The van der Waals surface area contributed by atoms with Gasteiger partial charge in [0, 0.05) is 13.3 Å². The fourth-order valence-corrected chi connectivity index (χ4v) is 0.366. The molecule has 0 nitrogen and oxygen atoms in total. The molecular weight excluding hydrogens is 98.1 g/mol. The molecule has 7 heavy (non-hydrogen) atoms. The fourth-order valence-electron chi connectivity index (χ4n) is 0.366. The minimum absolute atomic E-state index is 0.104. The van der Waals surface area contributed by atoms with Crippen LogP contribution >= 0.6 is 0 Å². The van der Waals surface area contributed by atoms with Gasteiger partial charge in [-0.3, -0.25) is 0 Å². The second kappa shape index (κ2) is 2.24. The van der Waals surface area contributed by atoms with Gasteiger partial charge in [-0.2, -0.15) is 0 Å². The molecule has 0 heterocycles. The molecule has 0 N–H and O–H groups in total. The summed E-state index contributed by atoms with van der Waals surface area (Å²) in [5.74, 6) is -2.70. The van der Waals surface area contributed by atoms with Gasteiger partial charge in [0.25, 0.3) is 0 Å². The van der Waals surface area contributed by atoms with Gasteiger partial charge in [0.15, 0.2) is 0 Å². The van der Waals surface area contributed by atoms with Crippen LogP contribution in [0.1, 0.15) is 19.8 Å². The first-order valence-corrected chi connectivity index (χ1v) is 2.29. The highest BCUT2D eigenvalue weighted by Crippen LogP contribution is 2.16. The Labute approximate surface area is 42.5 Å². The van der Waals surface area contributed by atoms with Crippen molar-refractivity contribution in [2.75, 3.05) is 0 Å². The van der Waals surface area contributed by atoms with Gasteiger partial charge in [-0.25, -0.2) is 8.78 Å². The van der Waals surface area contributed by atoms with E-state index in [4.69, 9.17) is 0 Å². The van der Waals surface area contributed by atoms with Crippen molar-refractivity contribution < 1.29 is 8.78 Å². The van der Waals surface area contributed by atoms with Gasteiger partial charge in [-0.15, -0.1) is 0 Å². The molecule has 0 aliphatic carbocycles. The molecule has 0 saturated heterocycles. The molecule has 43 valence electrons. The van der Waals surface area contributed by atoms with Crippen LogP contribution in [0.4, 0.5) is 8.78 Å². The summed E-state index contributed by atoms with van der Waals surface area (Å²) in [6, 6.07) is 0. The lowest BCUT2D eigenvalue weighted by Gasteiger charge is -2.04. The van der Waals surface area contributed by atoms with E-state index in [9.17, 15) is 8.78 Å². The van der Waals surface area contributed by atoms with Gasteiger partial charge in [-0.05, 0) is 0 Å². The molecule has 0 amide bonds. The minimum atomic E-state index is -2.70. The van der Waals surface area contributed by atoms with E-state index in [1.165, 1.54) is 0 Å². The number of hydrogen-bond acceptors (Lipinski definition) is 0. The Morgan fingerprint density at radius 2 is 2.00 bits per heavy atom. The second-order valence-electron chi connectivity index (χ2n) is 1.61. The zero-order chi connectivity index (χ0) is 5.91. The van der Waals surface area contributed by atoms with Crippen LogP contribution in [0.25, 0.3) is 0 Å². The minimum Gasteiger partial charge on any atom is -0.207 e. The van der Waals surface area contributed by atoms with Crippen LogP contribution in [0.5, 0.6) is 0 Å². The summed E-state index contributed by atoms with van der Waals surface area (Å²) < 4.78 is 23.2. The van der Waals surface area contributed by atoms with Crippen molar-refractivity contribution in [1.29, 1.82) is 0 Å². The Bertz CT molecular complexity index is 44.5. The molecule has 0 aromatic rings. The molecule has 0 bridgehead atoms. The molecule has 0 aromatic carbocycles. The van der Waals surface area contributed by atoms with Gasteiger partial charge in [0.05, 0.1) is 0 Å². The van der Waals surface area contributed by atoms with E-state index in [2.05, 4.69) is 6.92 Å². The van der Waals surface area contributed by atoms with Crippen LogP contribution < -0.4 is 0 Å². The Hall–Kier alpha value is -0.140. The normalized spacial score (nSPS) is 12.0. The molecule has 0 aromatic heterocycles. The van der Waals surface area contributed by atoms with Crippen molar-refractivity contribution in [2.24, 2.45) is 0 Å². The van der Waals surface area contributed by atoms with Crippen LogP contribution in [0.15, 0.2) is 0 Å². The van der Waals surface area contributed by atoms with Crippen molar-refractivity contribution in [3.8, 4) is 0 Å². The first-order chi connectivity index (χ1) is 3.06. The number of halogens is 2. The van der Waals surface area contributed by atoms with Gasteiger partial charge in [-0.1, -0.05) is 13.3 Å². The average molecular weight is 107 g/mol. The Morgan fingerprint density at radius 1 is 1.57 bits per heavy atom. The van der Waals surface area contributed by atoms with E-state index in [1.54, 1.807) is 6.92 Å². The zero-order valence-electron chi connectivity index (χ0n) is 4.38.